The summed E-state index contributed by atoms with van der Waals surface area (Å²) in [6, 6.07) is 12.7. The normalized spacial score (nSPS) is 14.9. The SMILES string of the molecule is COc1ccc(CN2C=C(C(=O)OCc3nc(-c4ccccc4F)no3)C(C)=NS2(=O)=O)cc1. The lowest BCUT2D eigenvalue weighted by Crippen LogP contribution is -2.31. The van der Waals surface area contributed by atoms with Crippen molar-refractivity contribution in [2.75, 3.05) is 7.11 Å². The minimum atomic E-state index is -4.02. The molecule has 2 heterocycles. The zero-order valence-electron chi connectivity index (χ0n) is 18.1. The van der Waals surface area contributed by atoms with E-state index in [1.165, 1.54) is 38.4 Å². The van der Waals surface area contributed by atoms with Gasteiger partial charge in [-0.15, -0.1) is 4.40 Å². The van der Waals surface area contributed by atoms with E-state index >= 15 is 0 Å². The quantitative estimate of drug-likeness (QED) is 0.467. The Bertz CT molecular complexity index is 1380. The van der Waals surface area contributed by atoms with Crippen molar-refractivity contribution < 1.29 is 31.6 Å². The van der Waals surface area contributed by atoms with Gasteiger partial charge < -0.3 is 14.0 Å². The molecule has 2 aromatic carbocycles. The molecule has 0 atom stereocenters. The van der Waals surface area contributed by atoms with E-state index in [2.05, 4.69) is 14.5 Å². The summed E-state index contributed by atoms with van der Waals surface area (Å²) in [6.07, 6.45) is 1.17. The molecule has 1 aromatic heterocycles. The summed E-state index contributed by atoms with van der Waals surface area (Å²) in [5, 5.41) is 3.69. The van der Waals surface area contributed by atoms with Gasteiger partial charge in [-0.05, 0) is 36.8 Å². The van der Waals surface area contributed by atoms with Gasteiger partial charge in [-0.1, -0.05) is 29.4 Å². The molecule has 3 aromatic rings. The van der Waals surface area contributed by atoms with Crippen molar-refractivity contribution in [1.82, 2.24) is 14.4 Å². The number of nitrogens with zero attached hydrogens (tertiary/aromatic N) is 4. The van der Waals surface area contributed by atoms with Gasteiger partial charge in [0.1, 0.15) is 11.6 Å². The zero-order chi connectivity index (χ0) is 24.3. The van der Waals surface area contributed by atoms with Crippen LogP contribution in [0.4, 0.5) is 4.39 Å². The maximum Gasteiger partial charge on any atom is 0.344 e. The predicted octanol–water partition coefficient (Wildman–Crippen LogP) is 3.03. The van der Waals surface area contributed by atoms with Crippen LogP contribution < -0.4 is 4.74 Å². The first-order valence-corrected chi connectivity index (χ1v) is 11.3. The van der Waals surface area contributed by atoms with Gasteiger partial charge in [0.05, 0.1) is 30.5 Å². The molecule has 12 heteroatoms. The Morgan fingerprint density at radius 1 is 1.15 bits per heavy atom. The molecule has 0 N–H and O–H groups in total. The fourth-order valence-electron chi connectivity index (χ4n) is 3.09. The number of halogens is 1. The van der Waals surface area contributed by atoms with Crippen molar-refractivity contribution in [1.29, 1.82) is 0 Å². The van der Waals surface area contributed by atoms with Crippen molar-refractivity contribution in [2.45, 2.75) is 20.1 Å². The van der Waals surface area contributed by atoms with Crippen LogP contribution in [0, 0.1) is 5.82 Å². The Hall–Kier alpha value is -4.06. The van der Waals surface area contributed by atoms with Crippen LogP contribution in [0.2, 0.25) is 0 Å². The van der Waals surface area contributed by atoms with Gasteiger partial charge in [0, 0.05) is 6.20 Å². The molecule has 10 nitrogen and oxygen atoms in total. The second kappa shape index (κ2) is 9.43. The lowest BCUT2D eigenvalue weighted by atomic mass is 10.2. The highest BCUT2D eigenvalue weighted by atomic mass is 32.2. The monoisotopic (exact) mass is 486 g/mol. The molecule has 0 spiro atoms. The summed E-state index contributed by atoms with van der Waals surface area (Å²) < 4.78 is 58.8. The summed E-state index contributed by atoms with van der Waals surface area (Å²) in [4.78, 5) is 16.7. The van der Waals surface area contributed by atoms with Gasteiger partial charge >= 0.3 is 16.2 Å². The maximum absolute atomic E-state index is 13.9. The summed E-state index contributed by atoms with van der Waals surface area (Å²) in [5.41, 5.74) is 0.738. The van der Waals surface area contributed by atoms with Crippen LogP contribution in [0.3, 0.4) is 0 Å². The second-order valence-corrected chi connectivity index (χ2v) is 8.71. The molecule has 0 saturated carbocycles. The van der Waals surface area contributed by atoms with Crippen molar-refractivity contribution in [3.63, 3.8) is 0 Å². The fraction of sp³-hybridized carbons (Fsp3) is 0.182. The summed E-state index contributed by atoms with van der Waals surface area (Å²) >= 11 is 0. The van der Waals surface area contributed by atoms with Gasteiger partial charge in [-0.3, -0.25) is 4.31 Å². The fourth-order valence-corrected chi connectivity index (χ4v) is 4.19. The number of hydrogen-bond acceptors (Lipinski definition) is 8. The number of aromatic nitrogens is 2. The molecule has 0 fully saturated rings. The van der Waals surface area contributed by atoms with Crippen LogP contribution in [0.1, 0.15) is 18.4 Å². The summed E-state index contributed by atoms with van der Waals surface area (Å²) in [5.74, 6) is -0.778. The number of ether oxygens (including phenoxy) is 2. The Balaban J connectivity index is 1.47. The first-order chi connectivity index (χ1) is 16.3. The topological polar surface area (TPSA) is 124 Å². The molecule has 34 heavy (non-hydrogen) atoms. The van der Waals surface area contributed by atoms with Crippen LogP contribution in [0.5, 0.6) is 5.75 Å². The Morgan fingerprint density at radius 3 is 2.59 bits per heavy atom. The summed E-state index contributed by atoms with van der Waals surface area (Å²) in [6.45, 7) is 0.948. The van der Waals surface area contributed by atoms with Crippen LogP contribution in [0.25, 0.3) is 11.4 Å². The molecule has 0 aliphatic carbocycles. The van der Waals surface area contributed by atoms with Gasteiger partial charge in [-0.2, -0.15) is 13.4 Å². The molecule has 0 radical (unpaired) electrons. The minimum absolute atomic E-state index is 0.00975. The van der Waals surface area contributed by atoms with E-state index in [-0.39, 0.29) is 35.1 Å². The van der Waals surface area contributed by atoms with E-state index < -0.39 is 28.6 Å². The number of carbonyl (C=O) groups is 1. The largest absolute Gasteiger partial charge is 0.497 e. The standard InChI is InChI=1S/C22H19FN4O6S/c1-14-18(12-27(34(29,30)26-14)11-15-7-9-16(31-2)10-8-15)22(28)32-13-20-24-21(25-33-20)17-5-3-4-6-19(17)23/h3-10,12H,11,13H2,1-2H3. The highest BCUT2D eigenvalue weighted by molar-refractivity contribution is 7.88. The van der Waals surface area contributed by atoms with Crippen molar-refractivity contribution in [3.05, 3.63) is 77.6 Å². The van der Waals surface area contributed by atoms with E-state index in [9.17, 15) is 17.6 Å². The van der Waals surface area contributed by atoms with Crippen molar-refractivity contribution in [2.24, 2.45) is 4.40 Å². The van der Waals surface area contributed by atoms with E-state index in [1.54, 1.807) is 30.3 Å². The molecule has 176 valence electrons. The van der Waals surface area contributed by atoms with E-state index in [0.717, 1.165) is 4.31 Å². The van der Waals surface area contributed by atoms with Crippen LogP contribution in [0.15, 0.2) is 69.2 Å². The Morgan fingerprint density at radius 2 is 1.88 bits per heavy atom. The number of benzene rings is 2. The molecular weight excluding hydrogens is 467 g/mol. The lowest BCUT2D eigenvalue weighted by molar-refractivity contribution is -0.140. The predicted molar refractivity (Wildman–Crippen MR) is 118 cm³/mol. The third kappa shape index (κ3) is 4.96. The third-order valence-corrected chi connectivity index (χ3v) is 6.17. The van der Waals surface area contributed by atoms with Crippen molar-refractivity contribution in [3.8, 4) is 17.1 Å². The second-order valence-electron chi connectivity index (χ2n) is 7.16. The average Bonchev–Trinajstić information content (AvgIpc) is 3.28. The van der Waals surface area contributed by atoms with Gasteiger partial charge in [0.25, 0.3) is 5.89 Å². The van der Waals surface area contributed by atoms with E-state index in [0.29, 0.717) is 11.3 Å². The highest BCUT2D eigenvalue weighted by Crippen LogP contribution is 2.23. The van der Waals surface area contributed by atoms with Crippen LogP contribution in [-0.2, 0) is 32.9 Å². The highest BCUT2D eigenvalue weighted by Gasteiger charge is 2.29. The summed E-state index contributed by atoms with van der Waals surface area (Å²) in [7, 11) is -2.50. The molecular formula is C22H19FN4O6S. The number of carbonyl (C=O) groups excluding carboxylic acids is 1. The van der Waals surface area contributed by atoms with Gasteiger partial charge in [0.2, 0.25) is 5.82 Å². The first kappa shape index (κ1) is 23.1. The number of methoxy groups -OCH3 is 1. The van der Waals surface area contributed by atoms with Gasteiger partial charge in [-0.25, -0.2) is 9.18 Å². The number of rotatable bonds is 7. The molecule has 1 aliphatic heterocycles. The minimum Gasteiger partial charge on any atom is -0.497 e. The van der Waals surface area contributed by atoms with Crippen molar-refractivity contribution >= 4 is 21.9 Å². The first-order valence-electron chi connectivity index (χ1n) is 9.95. The Labute approximate surface area is 194 Å². The van der Waals surface area contributed by atoms with E-state index in [1.807, 2.05) is 0 Å². The zero-order valence-corrected chi connectivity index (χ0v) is 19.0. The van der Waals surface area contributed by atoms with Gasteiger partial charge in [0.15, 0.2) is 6.61 Å². The third-order valence-electron chi connectivity index (χ3n) is 4.84. The number of esters is 1. The molecule has 0 saturated heterocycles. The molecule has 0 bridgehead atoms. The van der Waals surface area contributed by atoms with E-state index in [4.69, 9.17) is 14.0 Å². The molecule has 0 amide bonds. The molecule has 0 unspecified atom stereocenters. The smallest absolute Gasteiger partial charge is 0.344 e. The van der Waals surface area contributed by atoms with Crippen LogP contribution >= 0.6 is 0 Å². The Kier molecular flexibility index (Phi) is 6.41. The molecule has 4 rings (SSSR count). The number of hydrogen-bond donors (Lipinski definition) is 0. The lowest BCUT2D eigenvalue weighted by Gasteiger charge is -2.23. The van der Waals surface area contributed by atoms with Crippen LogP contribution in [-0.4, -0.2) is 41.7 Å². The molecule has 1 aliphatic rings. The maximum atomic E-state index is 13.9. The average molecular weight is 486 g/mol.